The number of hydrogen-bond acceptors (Lipinski definition) is 4. The van der Waals surface area contributed by atoms with Crippen LogP contribution in [0.25, 0.3) is 0 Å². The fraction of sp³-hybridized carbons (Fsp3) is 0.500. The first-order valence-corrected chi connectivity index (χ1v) is 11.9. The molecule has 0 atom stereocenters. The monoisotopic (exact) mass is 433 g/mol. The number of urea groups is 1. The SMILES string of the molecule is CCCC=CC1=C(C)CN(C(=O)NCc2ccc(S(=O)(=O)N3CCOCC3)cc2)C1. The van der Waals surface area contributed by atoms with Crippen molar-refractivity contribution in [2.75, 3.05) is 39.4 Å². The standard InChI is InChI=1S/C22H31N3O4S/c1-3-4-5-6-20-17-24(16-18(20)2)22(26)23-15-19-7-9-21(10-8-19)30(27,28)25-11-13-29-14-12-25/h5-10H,3-4,11-17H2,1-2H3,(H,23,26). The first-order chi connectivity index (χ1) is 14.4. The first-order valence-electron chi connectivity index (χ1n) is 10.5. The Morgan fingerprint density at radius 1 is 1.17 bits per heavy atom. The highest BCUT2D eigenvalue weighted by atomic mass is 32.2. The zero-order chi connectivity index (χ0) is 21.6. The second-order valence-corrected chi connectivity index (χ2v) is 9.61. The molecule has 0 aromatic heterocycles. The van der Waals surface area contributed by atoms with Gasteiger partial charge in [-0.15, -0.1) is 0 Å². The smallest absolute Gasteiger partial charge is 0.318 e. The van der Waals surface area contributed by atoms with E-state index in [0.717, 1.165) is 18.4 Å². The zero-order valence-electron chi connectivity index (χ0n) is 17.8. The summed E-state index contributed by atoms with van der Waals surface area (Å²) in [5.41, 5.74) is 3.28. The molecule has 1 aromatic rings. The van der Waals surface area contributed by atoms with E-state index in [1.807, 2.05) is 0 Å². The molecule has 0 bridgehead atoms. The van der Waals surface area contributed by atoms with E-state index in [2.05, 4.69) is 31.3 Å². The van der Waals surface area contributed by atoms with Crippen LogP contribution < -0.4 is 5.32 Å². The van der Waals surface area contributed by atoms with Gasteiger partial charge in [0.05, 0.1) is 18.1 Å². The number of allylic oxidation sites excluding steroid dienone is 1. The summed E-state index contributed by atoms with van der Waals surface area (Å²) in [6.07, 6.45) is 6.44. The highest BCUT2D eigenvalue weighted by Crippen LogP contribution is 2.20. The second kappa shape index (κ2) is 10.2. The molecule has 0 spiro atoms. The predicted molar refractivity (Wildman–Crippen MR) is 117 cm³/mol. The normalized spacial score (nSPS) is 18.4. The Labute approximate surface area is 179 Å². The lowest BCUT2D eigenvalue weighted by atomic mass is 10.1. The summed E-state index contributed by atoms with van der Waals surface area (Å²) in [6.45, 7) is 7.40. The van der Waals surface area contributed by atoms with Crippen molar-refractivity contribution in [2.45, 2.75) is 38.1 Å². The number of unbranched alkanes of at least 4 members (excludes halogenated alkanes) is 1. The van der Waals surface area contributed by atoms with Crippen molar-refractivity contribution < 1.29 is 17.9 Å². The quantitative estimate of drug-likeness (QED) is 0.717. The average molecular weight is 434 g/mol. The first kappa shape index (κ1) is 22.5. The number of rotatable bonds is 7. The van der Waals surface area contributed by atoms with Crippen LogP contribution in [-0.4, -0.2) is 63.0 Å². The number of nitrogens with zero attached hydrogens (tertiary/aromatic N) is 2. The summed E-state index contributed by atoms with van der Waals surface area (Å²) in [6, 6.07) is 6.59. The lowest BCUT2D eigenvalue weighted by Crippen LogP contribution is -2.40. The number of carbonyl (C=O) groups excluding carboxylic acids is 1. The van der Waals surface area contributed by atoms with E-state index in [-0.39, 0.29) is 10.9 Å². The van der Waals surface area contributed by atoms with Crippen LogP contribution >= 0.6 is 0 Å². The van der Waals surface area contributed by atoms with E-state index in [0.29, 0.717) is 45.9 Å². The largest absolute Gasteiger partial charge is 0.379 e. The Kier molecular flexibility index (Phi) is 7.69. The van der Waals surface area contributed by atoms with Crippen LogP contribution in [-0.2, 0) is 21.3 Å². The highest BCUT2D eigenvalue weighted by molar-refractivity contribution is 7.89. The Hall–Kier alpha value is -2.16. The van der Waals surface area contributed by atoms with Crippen molar-refractivity contribution in [3.8, 4) is 0 Å². The fourth-order valence-corrected chi connectivity index (χ4v) is 4.93. The van der Waals surface area contributed by atoms with Gasteiger partial charge in [0, 0.05) is 32.7 Å². The fourth-order valence-electron chi connectivity index (χ4n) is 3.52. The summed E-state index contributed by atoms with van der Waals surface area (Å²) in [4.78, 5) is 14.6. The number of amides is 2. The van der Waals surface area contributed by atoms with E-state index in [1.54, 1.807) is 29.2 Å². The van der Waals surface area contributed by atoms with Gasteiger partial charge in [-0.2, -0.15) is 4.31 Å². The van der Waals surface area contributed by atoms with Gasteiger partial charge in [0.25, 0.3) is 0 Å². The van der Waals surface area contributed by atoms with Crippen LogP contribution in [0.4, 0.5) is 4.79 Å². The molecule has 1 saturated heterocycles. The minimum absolute atomic E-state index is 0.113. The third-order valence-corrected chi connectivity index (χ3v) is 7.29. The number of benzene rings is 1. The van der Waals surface area contributed by atoms with Gasteiger partial charge in [-0.05, 0) is 42.2 Å². The van der Waals surface area contributed by atoms with Gasteiger partial charge < -0.3 is 15.0 Å². The Morgan fingerprint density at radius 3 is 2.53 bits per heavy atom. The third-order valence-electron chi connectivity index (χ3n) is 5.37. The molecule has 2 amide bonds. The molecule has 8 heteroatoms. The number of hydrogen-bond donors (Lipinski definition) is 1. The summed E-state index contributed by atoms with van der Waals surface area (Å²) in [5.74, 6) is 0. The topological polar surface area (TPSA) is 79.0 Å². The lowest BCUT2D eigenvalue weighted by molar-refractivity contribution is 0.0730. The molecule has 2 aliphatic rings. The van der Waals surface area contributed by atoms with Crippen molar-refractivity contribution >= 4 is 16.1 Å². The van der Waals surface area contributed by atoms with E-state index in [4.69, 9.17) is 4.74 Å². The minimum Gasteiger partial charge on any atom is -0.379 e. The van der Waals surface area contributed by atoms with Crippen molar-refractivity contribution in [1.29, 1.82) is 0 Å². The van der Waals surface area contributed by atoms with Crippen LogP contribution in [0.3, 0.4) is 0 Å². The maximum absolute atomic E-state index is 12.7. The lowest BCUT2D eigenvalue weighted by Gasteiger charge is -2.26. The molecule has 2 heterocycles. The van der Waals surface area contributed by atoms with Gasteiger partial charge in [0.15, 0.2) is 0 Å². The molecule has 0 aliphatic carbocycles. The summed E-state index contributed by atoms with van der Waals surface area (Å²) >= 11 is 0. The van der Waals surface area contributed by atoms with E-state index < -0.39 is 10.0 Å². The van der Waals surface area contributed by atoms with Gasteiger partial charge in [0.2, 0.25) is 10.0 Å². The van der Waals surface area contributed by atoms with Crippen LogP contribution in [0, 0.1) is 0 Å². The second-order valence-electron chi connectivity index (χ2n) is 7.67. The summed E-state index contributed by atoms with van der Waals surface area (Å²) < 4.78 is 32.0. The maximum atomic E-state index is 12.7. The zero-order valence-corrected chi connectivity index (χ0v) is 18.6. The predicted octanol–water partition coefficient (Wildman–Crippen LogP) is 2.91. The number of carbonyl (C=O) groups is 1. The van der Waals surface area contributed by atoms with Gasteiger partial charge in [-0.25, -0.2) is 13.2 Å². The van der Waals surface area contributed by atoms with E-state index >= 15 is 0 Å². The molecule has 0 radical (unpaired) electrons. The van der Waals surface area contributed by atoms with Crippen LogP contribution in [0.5, 0.6) is 0 Å². The Balaban J connectivity index is 1.52. The van der Waals surface area contributed by atoms with Gasteiger partial charge in [-0.3, -0.25) is 0 Å². The summed E-state index contributed by atoms with van der Waals surface area (Å²) in [7, 11) is -3.50. The molecular weight excluding hydrogens is 402 g/mol. The van der Waals surface area contributed by atoms with Crippen molar-refractivity contribution in [3.63, 3.8) is 0 Å². The molecular formula is C22H31N3O4S. The number of ether oxygens (including phenoxy) is 1. The third kappa shape index (κ3) is 5.50. The van der Waals surface area contributed by atoms with Crippen LogP contribution in [0.15, 0.2) is 52.5 Å². The number of nitrogens with one attached hydrogen (secondary N) is 1. The average Bonchev–Trinajstić information content (AvgIpc) is 3.14. The van der Waals surface area contributed by atoms with Gasteiger partial charge in [0.1, 0.15) is 0 Å². The molecule has 3 rings (SSSR count). The highest BCUT2D eigenvalue weighted by Gasteiger charge is 2.26. The van der Waals surface area contributed by atoms with Gasteiger partial charge in [-0.1, -0.05) is 37.6 Å². The molecule has 2 aliphatic heterocycles. The number of sulfonamides is 1. The molecule has 1 N–H and O–H groups in total. The van der Waals surface area contributed by atoms with Crippen molar-refractivity contribution in [2.24, 2.45) is 0 Å². The summed E-state index contributed by atoms with van der Waals surface area (Å²) in [5, 5.41) is 2.93. The van der Waals surface area contributed by atoms with Crippen LogP contribution in [0.2, 0.25) is 0 Å². The molecule has 0 unspecified atom stereocenters. The molecule has 7 nitrogen and oxygen atoms in total. The van der Waals surface area contributed by atoms with Crippen molar-refractivity contribution in [3.05, 3.63) is 53.1 Å². The van der Waals surface area contributed by atoms with Crippen molar-refractivity contribution in [1.82, 2.24) is 14.5 Å². The molecule has 30 heavy (non-hydrogen) atoms. The maximum Gasteiger partial charge on any atom is 0.318 e. The van der Waals surface area contributed by atoms with E-state index in [9.17, 15) is 13.2 Å². The Bertz CT molecular complexity index is 901. The number of morpholine rings is 1. The Morgan fingerprint density at radius 2 is 1.87 bits per heavy atom. The molecule has 1 fully saturated rings. The van der Waals surface area contributed by atoms with E-state index in [1.165, 1.54) is 15.5 Å². The molecule has 1 aromatic carbocycles. The molecule has 0 saturated carbocycles. The van der Waals surface area contributed by atoms with Crippen LogP contribution in [0.1, 0.15) is 32.3 Å². The molecule has 164 valence electrons. The van der Waals surface area contributed by atoms with Gasteiger partial charge >= 0.3 is 6.03 Å². The minimum atomic E-state index is -3.50.